The lowest BCUT2D eigenvalue weighted by molar-refractivity contribution is -0.158. The fourth-order valence-corrected chi connectivity index (χ4v) is 2.50. The molecule has 4 nitrogen and oxygen atoms in total. The number of aliphatic carboxylic acids is 1. The topological polar surface area (TPSA) is 55.8 Å². The van der Waals surface area contributed by atoms with E-state index in [4.69, 9.17) is 9.47 Å². The second kappa shape index (κ2) is 8.00. The summed E-state index contributed by atoms with van der Waals surface area (Å²) in [6, 6.07) is 14.4. The lowest BCUT2D eigenvalue weighted by Crippen LogP contribution is -2.33. The van der Waals surface area contributed by atoms with Crippen LogP contribution in [0.4, 0.5) is 0 Å². The third-order valence-electron chi connectivity index (χ3n) is 2.81. The summed E-state index contributed by atoms with van der Waals surface area (Å²) in [4.78, 5) is 13.4. The molecule has 2 rings (SSSR count). The summed E-state index contributed by atoms with van der Waals surface area (Å²) in [5.74, 6) is -0.278. The normalized spacial score (nSPS) is 10.5. The van der Waals surface area contributed by atoms with Crippen LogP contribution in [0.3, 0.4) is 0 Å². The van der Waals surface area contributed by atoms with Gasteiger partial charge in [0.15, 0.2) is 0 Å². The van der Waals surface area contributed by atoms with Crippen LogP contribution in [-0.4, -0.2) is 29.9 Å². The summed E-state index contributed by atoms with van der Waals surface area (Å²) in [5, 5.41) is 9.24. The fraction of sp³-hybridized carbons (Fsp3) is 0.188. The second-order valence-electron chi connectivity index (χ2n) is 4.26. The quantitative estimate of drug-likeness (QED) is 0.609. The van der Waals surface area contributed by atoms with Crippen LogP contribution in [0.2, 0.25) is 0 Å². The highest BCUT2D eigenvalue weighted by molar-refractivity contribution is 7.98. The monoisotopic (exact) mass is 336 g/mol. The molecule has 0 heterocycles. The standard InChI is InChI=1S/C16H16O4S2/c1-21-13-7-3-11(4-8-13)19-16(15(17)18)20-12-5-9-14(22-2)10-6-12/h3-10,16H,1-2H3,(H,17,18). The molecule has 0 aliphatic heterocycles. The average molecular weight is 336 g/mol. The van der Waals surface area contributed by atoms with Crippen LogP contribution in [0.1, 0.15) is 0 Å². The van der Waals surface area contributed by atoms with Crippen LogP contribution < -0.4 is 9.47 Å². The maximum absolute atomic E-state index is 11.3. The van der Waals surface area contributed by atoms with Gasteiger partial charge in [-0.3, -0.25) is 0 Å². The molecule has 6 heteroatoms. The number of carboxylic acid groups (broad SMARTS) is 1. The van der Waals surface area contributed by atoms with E-state index >= 15 is 0 Å². The fourth-order valence-electron chi connectivity index (χ4n) is 1.68. The van der Waals surface area contributed by atoms with Gasteiger partial charge in [0, 0.05) is 9.79 Å². The predicted octanol–water partition coefficient (Wildman–Crippen LogP) is 4.00. The number of thioether (sulfide) groups is 2. The highest BCUT2D eigenvalue weighted by atomic mass is 32.2. The molecule has 0 bridgehead atoms. The zero-order valence-electron chi connectivity index (χ0n) is 12.2. The molecule has 1 N–H and O–H groups in total. The molecule has 0 aliphatic rings. The summed E-state index contributed by atoms with van der Waals surface area (Å²) >= 11 is 3.21. The molecule has 0 radical (unpaired) electrons. The molecule has 0 fully saturated rings. The Kier molecular flexibility index (Phi) is 6.03. The van der Waals surface area contributed by atoms with Crippen LogP contribution >= 0.6 is 23.5 Å². The third-order valence-corrected chi connectivity index (χ3v) is 4.29. The second-order valence-corrected chi connectivity index (χ2v) is 6.02. The zero-order valence-corrected chi connectivity index (χ0v) is 13.8. The van der Waals surface area contributed by atoms with Gasteiger partial charge in [-0.2, -0.15) is 0 Å². The van der Waals surface area contributed by atoms with Crippen molar-refractivity contribution in [2.45, 2.75) is 16.1 Å². The van der Waals surface area contributed by atoms with Crippen molar-refractivity contribution in [1.29, 1.82) is 0 Å². The van der Waals surface area contributed by atoms with Crippen molar-refractivity contribution in [3.05, 3.63) is 48.5 Å². The third kappa shape index (κ3) is 4.61. The maximum atomic E-state index is 11.3. The number of hydrogen-bond donors (Lipinski definition) is 1. The van der Waals surface area contributed by atoms with Gasteiger partial charge in [-0.1, -0.05) is 0 Å². The molecule has 116 valence electrons. The molecule has 0 unspecified atom stereocenters. The first-order chi connectivity index (χ1) is 10.6. The number of hydrogen-bond acceptors (Lipinski definition) is 5. The van der Waals surface area contributed by atoms with E-state index in [0.717, 1.165) is 9.79 Å². The van der Waals surface area contributed by atoms with Crippen molar-refractivity contribution < 1.29 is 19.4 Å². The van der Waals surface area contributed by atoms with Gasteiger partial charge in [-0.05, 0) is 61.0 Å². The number of carbonyl (C=O) groups is 1. The molecule has 0 saturated carbocycles. The summed E-state index contributed by atoms with van der Waals surface area (Å²) < 4.78 is 10.8. The first-order valence-corrected chi connectivity index (χ1v) is 8.91. The predicted molar refractivity (Wildman–Crippen MR) is 89.1 cm³/mol. The molecule has 0 aromatic heterocycles. The van der Waals surface area contributed by atoms with E-state index in [1.165, 1.54) is 0 Å². The number of ether oxygens (including phenoxy) is 2. The summed E-state index contributed by atoms with van der Waals surface area (Å²) in [6.07, 6.45) is 2.55. The van der Waals surface area contributed by atoms with Crippen LogP contribution in [0.5, 0.6) is 11.5 Å². The SMILES string of the molecule is CSc1ccc(OC(Oc2ccc(SC)cc2)C(=O)O)cc1. The minimum atomic E-state index is -1.39. The Morgan fingerprint density at radius 1 is 0.864 bits per heavy atom. The molecule has 0 amide bonds. The van der Waals surface area contributed by atoms with Crippen LogP contribution in [0, 0.1) is 0 Å². The largest absolute Gasteiger partial charge is 0.476 e. The van der Waals surface area contributed by atoms with Crippen LogP contribution in [-0.2, 0) is 4.79 Å². The highest BCUT2D eigenvalue weighted by Gasteiger charge is 2.21. The van der Waals surface area contributed by atoms with E-state index in [2.05, 4.69) is 0 Å². The molecule has 0 saturated heterocycles. The van der Waals surface area contributed by atoms with Crippen LogP contribution in [0.25, 0.3) is 0 Å². The molecular formula is C16H16O4S2. The summed E-state index contributed by atoms with van der Waals surface area (Å²) in [6.45, 7) is 0. The lowest BCUT2D eigenvalue weighted by Gasteiger charge is -2.17. The van der Waals surface area contributed by atoms with Crippen molar-refractivity contribution in [3.8, 4) is 11.5 Å². The first kappa shape index (κ1) is 16.6. The van der Waals surface area contributed by atoms with Gasteiger partial charge < -0.3 is 14.6 Å². The van der Waals surface area contributed by atoms with Gasteiger partial charge in [0.1, 0.15) is 11.5 Å². The Morgan fingerprint density at radius 3 is 1.50 bits per heavy atom. The van der Waals surface area contributed by atoms with E-state index in [1.54, 1.807) is 47.8 Å². The van der Waals surface area contributed by atoms with Gasteiger partial charge in [0.25, 0.3) is 0 Å². The minimum Gasteiger partial charge on any atom is -0.476 e. The Hall–Kier alpha value is -1.79. The number of rotatable bonds is 7. The Balaban J connectivity index is 2.06. The first-order valence-electron chi connectivity index (χ1n) is 6.46. The van der Waals surface area contributed by atoms with E-state index in [0.29, 0.717) is 11.5 Å². The lowest BCUT2D eigenvalue weighted by atomic mass is 10.3. The molecule has 0 aliphatic carbocycles. The summed E-state index contributed by atoms with van der Waals surface area (Å²) in [7, 11) is 0. The average Bonchev–Trinajstić information content (AvgIpc) is 2.55. The van der Waals surface area contributed by atoms with Gasteiger partial charge in [0.2, 0.25) is 0 Å². The van der Waals surface area contributed by atoms with Crippen molar-refractivity contribution in [2.24, 2.45) is 0 Å². The van der Waals surface area contributed by atoms with Crippen molar-refractivity contribution in [2.75, 3.05) is 12.5 Å². The Labute approximate surface area is 137 Å². The van der Waals surface area contributed by atoms with Gasteiger partial charge >= 0.3 is 12.3 Å². The Bertz CT molecular complexity index is 562. The smallest absolute Gasteiger partial charge is 0.387 e. The van der Waals surface area contributed by atoms with Crippen molar-refractivity contribution in [3.63, 3.8) is 0 Å². The maximum Gasteiger partial charge on any atom is 0.387 e. The van der Waals surface area contributed by atoms with E-state index < -0.39 is 12.3 Å². The molecular weight excluding hydrogens is 320 g/mol. The molecule has 0 atom stereocenters. The van der Waals surface area contributed by atoms with E-state index in [-0.39, 0.29) is 0 Å². The molecule has 0 spiro atoms. The van der Waals surface area contributed by atoms with E-state index in [1.807, 2.05) is 36.8 Å². The van der Waals surface area contributed by atoms with Crippen molar-refractivity contribution in [1.82, 2.24) is 0 Å². The number of carboxylic acids is 1. The molecule has 2 aromatic carbocycles. The van der Waals surface area contributed by atoms with Gasteiger partial charge in [-0.25, -0.2) is 4.79 Å². The van der Waals surface area contributed by atoms with Gasteiger partial charge in [0.05, 0.1) is 0 Å². The van der Waals surface area contributed by atoms with Crippen molar-refractivity contribution >= 4 is 29.5 Å². The summed E-state index contributed by atoms with van der Waals surface area (Å²) in [5.41, 5.74) is 0. The minimum absolute atomic E-state index is 0.450. The van der Waals surface area contributed by atoms with Crippen LogP contribution in [0.15, 0.2) is 58.3 Å². The highest BCUT2D eigenvalue weighted by Crippen LogP contribution is 2.22. The molecule has 2 aromatic rings. The molecule has 22 heavy (non-hydrogen) atoms. The zero-order chi connectivity index (χ0) is 15.9. The van der Waals surface area contributed by atoms with Gasteiger partial charge in [-0.15, -0.1) is 23.5 Å². The Morgan fingerprint density at radius 2 is 1.23 bits per heavy atom. The number of benzene rings is 2. The van der Waals surface area contributed by atoms with E-state index in [9.17, 15) is 9.90 Å².